The van der Waals surface area contributed by atoms with Gasteiger partial charge >= 0.3 is 0 Å². The summed E-state index contributed by atoms with van der Waals surface area (Å²) in [7, 11) is 0. The van der Waals surface area contributed by atoms with Crippen molar-refractivity contribution in [3.63, 3.8) is 0 Å². The molecule has 3 heterocycles. The summed E-state index contributed by atoms with van der Waals surface area (Å²) in [6.45, 7) is 4.73. The van der Waals surface area contributed by atoms with Crippen LogP contribution in [0.4, 0.5) is 5.82 Å². The topological polar surface area (TPSA) is 71.3 Å². The first-order valence-corrected chi connectivity index (χ1v) is 11.6. The number of carbonyl (C=O) groups excluding carboxylic acids is 1. The van der Waals surface area contributed by atoms with Gasteiger partial charge in [0.25, 0.3) is 5.56 Å². The Morgan fingerprint density at radius 3 is 2.44 bits per heavy atom. The molecule has 0 unspecified atom stereocenters. The minimum absolute atomic E-state index is 0.113. The molecule has 1 aliphatic heterocycles. The van der Waals surface area contributed by atoms with Crippen LogP contribution >= 0.6 is 0 Å². The molecule has 1 aliphatic rings. The number of hydrogen-bond donors (Lipinski definition) is 0. The van der Waals surface area contributed by atoms with Gasteiger partial charge in [0.2, 0.25) is 5.91 Å². The highest BCUT2D eigenvalue weighted by atomic mass is 16.2. The Hall–Kier alpha value is -4.00. The maximum atomic E-state index is 13.5. The highest BCUT2D eigenvalue weighted by Crippen LogP contribution is 2.16. The van der Waals surface area contributed by atoms with Crippen LogP contribution in [0.5, 0.6) is 0 Å². The van der Waals surface area contributed by atoms with Crippen LogP contribution in [0.3, 0.4) is 0 Å². The van der Waals surface area contributed by atoms with Crippen LogP contribution in [0.1, 0.15) is 16.7 Å². The predicted octanol–water partition coefficient (Wildman–Crippen LogP) is 3.04. The SMILES string of the molecule is Cc1cccc(CC(=O)N2CCN(c3nc4cccnc4n(Cc4ccccc4)c3=O)CC2)c1. The van der Waals surface area contributed by atoms with Gasteiger partial charge in [0.05, 0.1) is 13.0 Å². The number of piperazine rings is 1. The highest BCUT2D eigenvalue weighted by molar-refractivity contribution is 5.79. The average Bonchev–Trinajstić information content (AvgIpc) is 2.86. The fourth-order valence-corrected chi connectivity index (χ4v) is 4.46. The number of hydrogen-bond acceptors (Lipinski definition) is 5. The zero-order valence-electron chi connectivity index (χ0n) is 19.2. The summed E-state index contributed by atoms with van der Waals surface area (Å²) in [6.07, 6.45) is 2.08. The number of anilines is 1. The molecule has 0 spiro atoms. The van der Waals surface area contributed by atoms with E-state index in [1.54, 1.807) is 10.8 Å². The number of nitrogens with zero attached hydrogens (tertiary/aromatic N) is 5. The Morgan fingerprint density at radius 1 is 0.912 bits per heavy atom. The van der Waals surface area contributed by atoms with E-state index in [1.165, 1.54) is 0 Å². The minimum atomic E-state index is -0.158. The zero-order chi connectivity index (χ0) is 23.5. The summed E-state index contributed by atoms with van der Waals surface area (Å²) in [4.78, 5) is 39.3. The number of pyridine rings is 1. The fraction of sp³-hybridized carbons (Fsp3) is 0.259. The van der Waals surface area contributed by atoms with Crippen LogP contribution in [0.25, 0.3) is 11.2 Å². The van der Waals surface area contributed by atoms with E-state index in [1.807, 2.05) is 77.4 Å². The van der Waals surface area contributed by atoms with Crippen molar-refractivity contribution in [1.29, 1.82) is 0 Å². The quantitative estimate of drug-likeness (QED) is 0.465. The highest BCUT2D eigenvalue weighted by Gasteiger charge is 2.25. The van der Waals surface area contributed by atoms with Crippen molar-refractivity contribution >= 4 is 22.9 Å². The molecule has 0 atom stereocenters. The van der Waals surface area contributed by atoms with Gasteiger partial charge in [0, 0.05) is 32.4 Å². The molecule has 5 rings (SSSR count). The van der Waals surface area contributed by atoms with E-state index in [0.717, 1.165) is 16.7 Å². The van der Waals surface area contributed by atoms with Crippen molar-refractivity contribution in [2.24, 2.45) is 0 Å². The lowest BCUT2D eigenvalue weighted by Gasteiger charge is -2.35. The molecule has 172 valence electrons. The van der Waals surface area contributed by atoms with Gasteiger partial charge in [-0.3, -0.25) is 14.2 Å². The maximum Gasteiger partial charge on any atom is 0.295 e. The normalized spacial score (nSPS) is 13.9. The van der Waals surface area contributed by atoms with Gasteiger partial charge in [-0.15, -0.1) is 0 Å². The Kier molecular flexibility index (Phi) is 6.08. The van der Waals surface area contributed by atoms with E-state index in [0.29, 0.717) is 56.1 Å². The molecule has 1 saturated heterocycles. The molecule has 0 bridgehead atoms. The summed E-state index contributed by atoms with van der Waals surface area (Å²) in [5.41, 5.74) is 4.31. The largest absolute Gasteiger partial charge is 0.348 e. The van der Waals surface area contributed by atoms with Gasteiger partial charge in [-0.05, 0) is 30.2 Å². The standard InChI is InChI=1S/C27H27N5O2/c1-20-7-5-10-22(17-20)18-24(33)30-13-15-31(16-14-30)26-27(34)32(19-21-8-3-2-4-9-21)25-23(29-26)11-6-12-28-25/h2-12,17H,13-16,18-19H2,1H3. The molecule has 34 heavy (non-hydrogen) atoms. The lowest BCUT2D eigenvalue weighted by molar-refractivity contribution is -0.130. The predicted molar refractivity (Wildman–Crippen MR) is 133 cm³/mol. The van der Waals surface area contributed by atoms with Gasteiger partial charge < -0.3 is 9.80 Å². The van der Waals surface area contributed by atoms with Gasteiger partial charge in [-0.2, -0.15) is 0 Å². The van der Waals surface area contributed by atoms with Crippen LogP contribution in [-0.2, 0) is 17.8 Å². The Bertz CT molecular complexity index is 1370. The van der Waals surface area contributed by atoms with E-state index >= 15 is 0 Å². The first-order valence-electron chi connectivity index (χ1n) is 11.6. The molecule has 2 aromatic carbocycles. The first-order chi connectivity index (χ1) is 16.6. The summed E-state index contributed by atoms with van der Waals surface area (Å²) in [5.74, 6) is 0.532. The molecule has 2 aromatic heterocycles. The molecule has 0 N–H and O–H groups in total. The van der Waals surface area contributed by atoms with Crippen molar-refractivity contribution in [2.45, 2.75) is 19.9 Å². The van der Waals surface area contributed by atoms with Crippen LogP contribution in [-0.4, -0.2) is 51.5 Å². The number of aryl methyl sites for hydroxylation is 1. The van der Waals surface area contributed by atoms with Crippen molar-refractivity contribution in [1.82, 2.24) is 19.4 Å². The van der Waals surface area contributed by atoms with Gasteiger partial charge in [0.1, 0.15) is 5.52 Å². The molecule has 7 nitrogen and oxygen atoms in total. The van der Waals surface area contributed by atoms with Crippen molar-refractivity contribution in [2.75, 3.05) is 31.1 Å². The molecule has 0 aliphatic carbocycles. The van der Waals surface area contributed by atoms with Gasteiger partial charge in [-0.1, -0.05) is 60.2 Å². The van der Waals surface area contributed by atoms with Gasteiger partial charge in [-0.25, -0.2) is 9.97 Å². The first kappa shape index (κ1) is 21.8. The number of fused-ring (bicyclic) bond motifs is 1. The van der Waals surface area contributed by atoms with E-state index in [9.17, 15) is 9.59 Å². The van der Waals surface area contributed by atoms with Gasteiger partial charge in [0.15, 0.2) is 11.5 Å². The summed E-state index contributed by atoms with van der Waals surface area (Å²) in [6, 6.07) is 21.7. The lowest BCUT2D eigenvalue weighted by atomic mass is 10.1. The maximum absolute atomic E-state index is 13.5. The van der Waals surface area contributed by atoms with Crippen molar-refractivity contribution < 1.29 is 4.79 Å². The molecule has 1 fully saturated rings. The summed E-state index contributed by atoms with van der Waals surface area (Å²) < 4.78 is 1.70. The van der Waals surface area contributed by atoms with Crippen LogP contribution in [0, 0.1) is 6.92 Å². The molecule has 7 heteroatoms. The van der Waals surface area contributed by atoms with Crippen molar-refractivity contribution in [3.8, 4) is 0 Å². The lowest BCUT2D eigenvalue weighted by Crippen LogP contribution is -2.51. The second-order valence-electron chi connectivity index (χ2n) is 8.69. The van der Waals surface area contributed by atoms with Crippen LogP contribution in [0.15, 0.2) is 77.7 Å². The Balaban J connectivity index is 1.36. The number of rotatable bonds is 5. The molecule has 1 amide bonds. The van der Waals surface area contributed by atoms with E-state index in [2.05, 4.69) is 16.0 Å². The second kappa shape index (κ2) is 9.47. The number of carbonyl (C=O) groups is 1. The fourth-order valence-electron chi connectivity index (χ4n) is 4.46. The van der Waals surface area contributed by atoms with Crippen molar-refractivity contribution in [3.05, 3.63) is 100.0 Å². The molecule has 0 radical (unpaired) electrons. The second-order valence-corrected chi connectivity index (χ2v) is 8.69. The number of aromatic nitrogens is 3. The zero-order valence-corrected chi connectivity index (χ0v) is 19.2. The Labute approximate surface area is 198 Å². The Morgan fingerprint density at radius 2 is 1.68 bits per heavy atom. The number of benzene rings is 2. The third kappa shape index (κ3) is 4.55. The van der Waals surface area contributed by atoms with Crippen LogP contribution < -0.4 is 10.5 Å². The summed E-state index contributed by atoms with van der Waals surface area (Å²) >= 11 is 0. The van der Waals surface area contributed by atoms with E-state index < -0.39 is 0 Å². The minimum Gasteiger partial charge on any atom is -0.348 e. The summed E-state index contributed by atoms with van der Waals surface area (Å²) in [5, 5.41) is 0. The number of amides is 1. The third-order valence-corrected chi connectivity index (χ3v) is 6.24. The van der Waals surface area contributed by atoms with E-state index in [4.69, 9.17) is 0 Å². The smallest absolute Gasteiger partial charge is 0.295 e. The third-order valence-electron chi connectivity index (χ3n) is 6.24. The average molecular weight is 454 g/mol. The molecular formula is C27H27N5O2. The van der Waals surface area contributed by atoms with Crippen LogP contribution in [0.2, 0.25) is 0 Å². The molecule has 0 saturated carbocycles. The molecular weight excluding hydrogens is 426 g/mol. The monoisotopic (exact) mass is 453 g/mol. The molecule has 4 aromatic rings. The van der Waals surface area contributed by atoms with E-state index in [-0.39, 0.29) is 11.5 Å².